The first-order valence-electron chi connectivity index (χ1n) is 6.61. The number of aryl methyl sites for hydroxylation is 3. The summed E-state index contributed by atoms with van der Waals surface area (Å²) in [5.74, 6) is -0.324. The molecule has 0 fully saturated rings. The van der Waals surface area contributed by atoms with Crippen LogP contribution in [0.5, 0.6) is 0 Å². The second kappa shape index (κ2) is 6.23. The SMILES string of the molecule is CCOC(=O)c1c(C)ccn1CCn1ccccc1=O. The van der Waals surface area contributed by atoms with Gasteiger partial charge in [-0.15, -0.1) is 0 Å². The van der Waals surface area contributed by atoms with Crippen molar-refractivity contribution < 1.29 is 9.53 Å². The predicted molar refractivity (Wildman–Crippen MR) is 75.8 cm³/mol. The third kappa shape index (κ3) is 2.99. The summed E-state index contributed by atoms with van der Waals surface area (Å²) < 4.78 is 8.50. The monoisotopic (exact) mass is 274 g/mol. The zero-order valence-electron chi connectivity index (χ0n) is 11.7. The van der Waals surface area contributed by atoms with Crippen LogP contribution < -0.4 is 5.56 Å². The Bertz CT molecular complexity index is 655. The maximum Gasteiger partial charge on any atom is 0.355 e. The van der Waals surface area contributed by atoms with Crippen LogP contribution in [0.15, 0.2) is 41.5 Å². The molecule has 0 aliphatic heterocycles. The summed E-state index contributed by atoms with van der Waals surface area (Å²) in [5.41, 5.74) is 1.38. The number of hydrogen-bond donors (Lipinski definition) is 0. The van der Waals surface area contributed by atoms with Crippen molar-refractivity contribution in [2.75, 3.05) is 6.61 Å². The van der Waals surface area contributed by atoms with Crippen LogP contribution in [-0.4, -0.2) is 21.7 Å². The Morgan fingerprint density at radius 3 is 2.60 bits per heavy atom. The molecule has 5 heteroatoms. The van der Waals surface area contributed by atoms with E-state index in [0.29, 0.717) is 25.4 Å². The smallest absolute Gasteiger partial charge is 0.355 e. The highest BCUT2D eigenvalue weighted by atomic mass is 16.5. The van der Waals surface area contributed by atoms with Crippen LogP contribution >= 0.6 is 0 Å². The van der Waals surface area contributed by atoms with E-state index in [1.165, 1.54) is 6.07 Å². The highest BCUT2D eigenvalue weighted by Gasteiger charge is 2.15. The second-order valence-corrected chi connectivity index (χ2v) is 4.49. The molecule has 0 aliphatic carbocycles. The zero-order valence-corrected chi connectivity index (χ0v) is 11.7. The van der Waals surface area contributed by atoms with Crippen molar-refractivity contribution in [3.63, 3.8) is 0 Å². The molecule has 0 aromatic carbocycles. The van der Waals surface area contributed by atoms with Crippen molar-refractivity contribution in [2.45, 2.75) is 26.9 Å². The average molecular weight is 274 g/mol. The van der Waals surface area contributed by atoms with E-state index >= 15 is 0 Å². The second-order valence-electron chi connectivity index (χ2n) is 4.49. The molecule has 2 rings (SSSR count). The first-order chi connectivity index (χ1) is 9.63. The molecule has 0 saturated carbocycles. The Hall–Kier alpha value is -2.30. The van der Waals surface area contributed by atoms with Crippen LogP contribution in [0.2, 0.25) is 0 Å². The molecule has 0 atom stereocenters. The van der Waals surface area contributed by atoms with E-state index in [1.54, 1.807) is 23.8 Å². The van der Waals surface area contributed by atoms with Gasteiger partial charge in [0.05, 0.1) is 6.61 Å². The molecule has 5 nitrogen and oxygen atoms in total. The molecule has 20 heavy (non-hydrogen) atoms. The number of esters is 1. The number of hydrogen-bond acceptors (Lipinski definition) is 3. The Morgan fingerprint density at radius 2 is 1.90 bits per heavy atom. The van der Waals surface area contributed by atoms with E-state index < -0.39 is 0 Å². The van der Waals surface area contributed by atoms with Crippen LogP contribution in [-0.2, 0) is 17.8 Å². The van der Waals surface area contributed by atoms with Gasteiger partial charge in [0.15, 0.2) is 0 Å². The van der Waals surface area contributed by atoms with Crippen molar-refractivity contribution in [3.05, 3.63) is 58.3 Å². The van der Waals surface area contributed by atoms with Gasteiger partial charge in [-0.05, 0) is 31.5 Å². The van der Waals surface area contributed by atoms with Crippen molar-refractivity contribution in [2.24, 2.45) is 0 Å². The van der Waals surface area contributed by atoms with Crippen LogP contribution in [0.1, 0.15) is 23.0 Å². The molecule has 0 spiro atoms. The summed E-state index contributed by atoms with van der Waals surface area (Å²) >= 11 is 0. The molecule has 0 radical (unpaired) electrons. The number of aromatic nitrogens is 2. The molecule has 2 aromatic rings. The van der Waals surface area contributed by atoms with Gasteiger partial charge in [0, 0.05) is 31.5 Å². The van der Waals surface area contributed by atoms with Crippen molar-refractivity contribution >= 4 is 5.97 Å². The topological polar surface area (TPSA) is 53.2 Å². The Labute approximate surface area is 117 Å². The predicted octanol–water partition coefficient (Wildman–Crippen LogP) is 1.84. The van der Waals surface area contributed by atoms with Crippen LogP contribution in [0, 0.1) is 6.92 Å². The van der Waals surface area contributed by atoms with E-state index in [4.69, 9.17) is 4.74 Å². The number of carbonyl (C=O) groups excluding carboxylic acids is 1. The van der Waals surface area contributed by atoms with E-state index in [-0.39, 0.29) is 11.5 Å². The van der Waals surface area contributed by atoms with Gasteiger partial charge in [-0.2, -0.15) is 0 Å². The van der Waals surface area contributed by atoms with Crippen molar-refractivity contribution in [3.8, 4) is 0 Å². The maximum absolute atomic E-state index is 11.9. The Kier molecular flexibility index (Phi) is 4.40. The highest BCUT2D eigenvalue weighted by Crippen LogP contribution is 2.11. The van der Waals surface area contributed by atoms with E-state index in [1.807, 2.05) is 29.8 Å². The Balaban J connectivity index is 2.16. The van der Waals surface area contributed by atoms with Crippen LogP contribution in [0.25, 0.3) is 0 Å². The fourth-order valence-corrected chi connectivity index (χ4v) is 2.11. The summed E-state index contributed by atoms with van der Waals surface area (Å²) in [4.78, 5) is 23.5. The minimum Gasteiger partial charge on any atom is -0.461 e. The summed E-state index contributed by atoms with van der Waals surface area (Å²) in [6.07, 6.45) is 3.58. The van der Waals surface area contributed by atoms with Gasteiger partial charge in [-0.3, -0.25) is 4.79 Å². The molecule has 0 N–H and O–H groups in total. The number of carbonyl (C=O) groups is 1. The van der Waals surface area contributed by atoms with Gasteiger partial charge in [-0.1, -0.05) is 6.07 Å². The average Bonchev–Trinajstić information content (AvgIpc) is 2.79. The summed E-state index contributed by atoms with van der Waals surface area (Å²) in [6.45, 7) is 5.06. The fourth-order valence-electron chi connectivity index (χ4n) is 2.11. The number of pyridine rings is 1. The lowest BCUT2D eigenvalue weighted by Crippen LogP contribution is -2.22. The third-order valence-electron chi connectivity index (χ3n) is 3.11. The van der Waals surface area contributed by atoms with Gasteiger partial charge < -0.3 is 13.9 Å². The highest BCUT2D eigenvalue weighted by molar-refractivity contribution is 5.89. The summed E-state index contributed by atoms with van der Waals surface area (Å²) in [7, 11) is 0. The van der Waals surface area contributed by atoms with Crippen LogP contribution in [0.4, 0.5) is 0 Å². The molecule has 2 heterocycles. The molecule has 0 bridgehead atoms. The van der Waals surface area contributed by atoms with Gasteiger partial charge >= 0.3 is 5.97 Å². The van der Waals surface area contributed by atoms with Crippen molar-refractivity contribution in [1.82, 2.24) is 9.13 Å². The molecule has 0 unspecified atom stereocenters. The normalized spacial score (nSPS) is 10.5. The summed E-state index contributed by atoms with van der Waals surface area (Å²) in [5, 5.41) is 0. The van der Waals surface area contributed by atoms with Crippen LogP contribution in [0.3, 0.4) is 0 Å². The number of rotatable bonds is 5. The molecular weight excluding hydrogens is 256 g/mol. The minimum atomic E-state index is -0.324. The van der Waals surface area contributed by atoms with E-state index in [2.05, 4.69) is 0 Å². The largest absolute Gasteiger partial charge is 0.461 e. The lowest BCUT2D eigenvalue weighted by molar-refractivity contribution is 0.0512. The molecule has 0 aliphatic rings. The van der Waals surface area contributed by atoms with Gasteiger partial charge in [-0.25, -0.2) is 4.79 Å². The quantitative estimate of drug-likeness (QED) is 0.782. The first-order valence-corrected chi connectivity index (χ1v) is 6.61. The molecule has 0 amide bonds. The van der Waals surface area contributed by atoms with Gasteiger partial charge in [0.25, 0.3) is 5.56 Å². The minimum absolute atomic E-state index is 0.0472. The Morgan fingerprint density at radius 1 is 1.15 bits per heavy atom. The number of ether oxygens (including phenoxy) is 1. The van der Waals surface area contributed by atoms with E-state index in [0.717, 1.165) is 5.56 Å². The summed E-state index contributed by atoms with van der Waals surface area (Å²) in [6, 6.07) is 6.92. The molecule has 2 aromatic heterocycles. The molecular formula is C15H18N2O3. The lowest BCUT2D eigenvalue weighted by atomic mass is 10.3. The third-order valence-corrected chi connectivity index (χ3v) is 3.11. The first kappa shape index (κ1) is 14.1. The number of nitrogens with zero attached hydrogens (tertiary/aromatic N) is 2. The molecule has 106 valence electrons. The van der Waals surface area contributed by atoms with Gasteiger partial charge in [0.1, 0.15) is 5.69 Å². The van der Waals surface area contributed by atoms with Gasteiger partial charge in [0.2, 0.25) is 0 Å². The van der Waals surface area contributed by atoms with E-state index in [9.17, 15) is 9.59 Å². The molecule has 0 saturated heterocycles. The standard InChI is InChI=1S/C15H18N2O3/c1-3-20-15(19)14-12(2)7-9-17(14)11-10-16-8-5-4-6-13(16)18/h4-9H,3,10-11H2,1-2H3. The fraction of sp³-hybridized carbons (Fsp3) is 0.333. The zero-order chi connectivity index (χ0) is 14.5. The maximum atomic E-state index is 11.9. The van der Waals surface area contributed by atoms with Crippen molar-refractivity contribution in [1.29, 1.82) is 0 Å². The lowest BCUT2D eigenvalue weighted by Gasteiger charge is -2.10.